The molecule has 3 heterocycles. The largest absolute Gasteiger partial charge is 0.464 e. The molecule has 0 aliphatic carbocycles. The zero-order valence-corrected chi connectivity index (χ0v) is 23.3. The number of aromatic nitrogens is 1. The van der Waals surface area contributed by atoms with Gasteiger partial charge in [0.2, 0.25) is 0 Å². The molecular weight excluding hydrogens is 470 g/mol. The molecule has 6 rings (SSSR count). The van der Waals surface area contributed by atoms with E-state index < -0.39 is 0 Å². The standard InChI is InChI=1S/C34H33NOS/c1-20(2)15-23-11-12-26(27-13-14-36-32(23)27)28-18-30(35-31-21(3)19-37-33(28)31)24-16-22-9-7-8-10-25(22)29(17-24)34(4,5)6/h7-14,16-20H,15H2,1-6H3. The summed E-state index contributed by atoms with van der Waals surface area (Å²) >= 11 is 1.78. The minimum Gasteiger partial charge on any atom is -0.464 e. The molecule has 3 heteroatoms. The number of rotatable bonds is 4. The second-order valence-electron chi connectivity index (χ2n) is 11.7. The van der Waals surface area contributed by atoms with Crippen LogP contribution in [0.25, 0.3) is 54.3 Å². The molecule has 3 aromatic heterocycles. The van der Waals surface area contributed by atoms with E-state index in [1.54, 1.807) is 11.3 Å². The number of hydrogen-bond acceptors (Lipinski definition) is 3. The Kier molecular flexibility index (Phi) is 5.72. The minimum atomic E-state index is 0.0239. The number of thiophene rings is 1. The van der Waals surface area contributed by atoms with Gasteiger partial charge in [0.1, 0.15) is 5.58 Å². The quantitative estimate of drug-likeness (QED) is 0.239. The van der Waals surface area contributed by atoms with Crippen molar-refractivity contribution < 1.29 is 4.42 Å². The Hall–Kier alpha value is -3.43. The normalized spacial score (nSPS) is 12.4. The molecule has 0 unspecified atom stereocenters. The van der Waals surface area contributed by atoms with Crippen molar-refractivity contribution in [3.05, 3.63) is 89.0 Å². The minimum absolute atomic E-state index is 0.0239. The van der Waals surface area contributed by atoms with Crippen molar-refractivity contribution in [3.63, 3.8) is 0 Å². The first-order chi connectivity index (χ1) is 17.7. The maximum Gasteiger partial charge on any atom is 0.137 e. The van der Waals surface area contributed by atoms with Crippen LogP contribution in [-0.4, -0.2) is 4.98 Å². The maximum absolute atomic E-state index is 6.03. The fourth-order valence-electron chi connectivity index (χ4n) is 5.50. The molecule has 0 aliphatic rings. The van der Waals surface area contributed by atoms with E-state index >= 15 is 0 Å². The lowest BCUT2D eigenvalue weighted by Gasteiger charge is -2.23. The van der Waals surface area contributed by atoms with Crippen LogP contribution in [-0.2, 0) is 11.8 Å². The van der Waals surface area contributed by atoms with E-state index in [4.69, 9.17) is 9.40 Å². The van der Waals surface area contributed by atoms with E-state index in [2.05, 4.69) is 108 Å². The van der Waals surface area contributed by atoms with Gasteiger partial charge in [0.25, 0.3) is 0 Å². The lowest BCUT2D eigenvalue weighted by atomic mass is 9.82. The van der Waals surface area contributed by atoms with Crippen LogP contribution in [0.4, 0.5) is 0 Å². The summed E-state index contributed by atoms with van der Waals surface area (Å²) in [4.78, 5) is 5.23. The number of furan rings is 1. The van der Waals surface area contributed by atoms with E-state index in [-0.39, 0.29) is 5.41 Å². The Bertz CT molecular complexity index is 1780. The lowest BCUT2D eigenvalue weighted by Crippen LogP contribution is -2.12. The molecule has 0 saturated heterocycles. The SMILES string of the molecule is Cc1csc2c(-c3ccc(CC(C)C)c4occc34)cc(-c3cc(C(C)(C)C)c4ccccc4c3)nc12. The summed E-state index contributed by atoms with van der Waals surface area (Å²) in [5, 5.41) is 5.97. The van der Waals surface area contributed by atoms with Crippen LogP contribution in [0, 0.1) is 12.8 Å². The first-order valence-electron chi connectivity index (χ1n) is 13.1. The summed E-state index contributed by atoms with van der Waals surface area (Å²) in [6, 6.07) is 22.3. The van der Waals surface area contributed by atoms with Crippen molar-refractivity contribution in [2.24, 2.45) is 5.92 Å². The highest BCUT2D eigenvalue weighted by molar-refractivity contribution is 7.18. The zero-order chi connectivity index (χ0) is 25.9. The third-order valence-electron chi connectivity index (χ3n) is 7.28. The third-order valence-corrected chi connectivity index (χ3v) is 8.40. The average Bonchev–Trinajstić information content (AvgIpc) is 3.50. The van der Waals surface area contributed by atoms with Gasteiger partial charge in [-0.25, -0.2) is 4.98 Å². The van der Waals surface area contributed by atoms with Gasteiger partial charge in [-0.15, -0.1) is 11.3 Å². The van der Waals surface area contributed by atoms with Crippen LogP contribution in [0.2, 0.25) is 0 Å². The molecule has 186 valence electrons. The molecule has 0 amide bonds. The van der Waals surface area contributed by atoms with E-state index in [1.165, 1.54) is 48.7 Å². The highest BCUT2D eigenvalue weighted by atomic mass is 32.1. The number of hydrogen-bond donors (Lipinski definition) is 0. The Morgan fingerprint density at radius 3 is 2.51 bits per heavy atom. The monoisotopic (exact) mass is 503 g/mol. The number of nitrogens with zero attached hydrogens (tertiary/aromatic N) is 1. The van der Waals surface area contributed by atoms with Crippen LogP contribution in [0.5, 0.6) is 0 Å². The molecule has 0 spiro atoms. The van der Waals surface area contributed by atoms with Gasteiger partial charge in [-0.3, -0.25) is 0 Å². The first-order valence-corrected chi connectivity index (χ1v) is 14.0. The van der Waals surface area contributed by atoms with Crippen molar-refractivity contribution in [1.82, 2.24) is 4.98 Å². The van der Waals surface area contributed by atoms with Gasteiger partial charge in [-0.05, 0) is 87.3 Å². The summed E-state index contributed by atoms with van der Waals surface area (Å²) in [6.45, 7) is 13.5. The molecule has 0 N–H and O–H groups in total. The summed E-state index contributed by atoms with van der Waals surface area (Å²) in [5.41, 5.74) is 10.6. The number of aryl methyl sites for hydroxylation is 1. The number of pyridine rings is 1. The maximum atomic E-state index is 6.03. The summed E-state index contributed by atoms with van der Waals surface area (Å²) in [7, 11) is 0. The number of fused-ring (bicyclic) bond motifs is 3. The Balaban J connectivity index is 1.62. The molecule has 0 aliphatic heterocycles. The third kappa shape index (κ3) is 4.16. The summed E-state index contributed by atoms with van der Waals surface area (Å²) in [6.07, 6.45) is 2.84. The van der Waals surface area contributed by atoms with E-state index in [0.29, 0.717) is 5.92 Å². The fraction of sp³-hybridized carbons (Fsp3) is 0.265. The molecule has 0 atom stereocenters. The fourth-order valence-corrected chi connectivity index (χ4v) is 6.53. The van der Waals surface area contributed by atoms with Gasteiger partial charge in [0.15, 0.2) is 0 Å². The zero-order valence-electron chi connectivity index (χ0n) is 22.5. The average molecular weight is 504 g/mol. The van der Waals surface area contributed by atoms with Gasteiger partial charge in [0.05, 0.1) is 22.2 Å². The second kappa shape index (κ2) is 8.85. The molecule has 0 fully saturated rings. The van der Waals surface area contributed by atoms with Gasteiger partial charge in [-0.1, -0.05) is 71.0 Å². The molecule has 0 saturated carbocycles. The molecule has 3 aromatic carbocycles. The lowest BCUT2D eigenvalue weighted by molar-refractivity contribution is 0.595. The van der Waals surface area contributed by atoms with E-state index in [1.807, 2.05) is 6.26 Å². The van der Waals surface area contributed by atoms with Crippen molar-refractivity contribution in [2.75, 3.05) is 0 Å². The molecule has 37 heavy (non-hydrogen) atoms. The van der Waals surface area contributed by atoms with Crippen molar-refractivity contribution in [1.29, 1.82) is 0 Å². The second-order valence-corrected chi connectivity index (χ2v) is 12.6. The Labute approximate surface area is 223 Å². The number of benzene rings is 3. The topological polar surface area (TPSA) is 26.0 Å². The first kappa shape index (κ1) is 23.9. The van der Waals surface area contributed by atoms with Crippen molar-refractivity contribution in [3.8, 4) is 22.4 Å². The Morgan fingerprint density at radius 1 is 0.919 bits per heavy atom. The van der Waals surface area contributed by atoms with Crippen LogP contribution in [0.3, 0.4) is 0 Å². The van der Waals surface area contributed by atoms with E-state index in [0.717, 1.165) is 28.8 Å². The van der Waals surface area contributed by atoms with Crippen LogP contribution < -0.4 is 0 Å². The van der Waals surface area contributed by atoms with Gasteiger partial charge >= 0.3 is 0 Å². The predicted octanol–water partition coefficient (Wildman–Crippen LogP) is 10.3. The predicted molar refractivity (Wildman–Crippen MR) is 160 cm³/mol. The molecule has 6 aromatic rings. The van der Waals surface area contributed by atoms with Crippen LogP contribution in [0.15, 0.2) is 76.7 Å². The van der Waals surface area contributed by atoms with Crippen molar-refractivity contribution >= 4 is 43.3 Å². The Morgan fingerprint density at radius 2 is 1.73 bits per heavy atom. The highest BCUT2D eigenvalue weighted by Gasteiger charge is 2.21. The van der Waals surface area contributed by atoms with Gasteiger partial charge in [-0.2, -0.15) is 0 Å². The summed E-state index contributed by atoms with van der Waals surface area (Å²) < 4.78 is 7.27. The molecule has 0 radical (unpaired) electrons. The van der Waals surface area contributed by atoms with Gasteiger partial charge in [0, 0.05) is 16.5 Å². The molecular formula is C34H33NOS. The smallest absolute Gasteiger partial charge is 0.137 e. The molecule has 0 bridgehead atoms. The highest BCUT2D eigenvalue weighted by Crippen LogP contribution is 2.42. The molecule has 2 nitrogen and oxygen atoms in total. The van der Waals surface area contributed by atoms with Crippen LogP contribution >= 0.6 is 11.3 Å². The summed E-state index contributed by atoms with van der Waals surface area (Å²) in [5.74, 6) is 0.572. The van der Waals surface area contributed by atoms with Gasteiger partial charge < -0.3 is 4.42 Å². The van der Waals surface area contributed by atoms with Crippen molar-refractivity contribution in [2.45, 2.75) is 53.4 Å². The van der Waals surface area contributed by atoms with Crippen LogP contribution in [0.1, 0.15) is 51.3 Å². The van der Waals surface area contributed by atoms with E-state index in [9.17, 15) is 0 Å².